The third kappa shape index (κ3) is 6.48. The lowest BCUT2D eigenvalue weighted by Gasteiger charge is -2.39. The van der Waals surface area contributed by atoms with Crippen molar-refractivity contribution in [1.82, 2.24) is 5.43 Å². The molecule has 0 unspecified atom stereocenters. The molecule has 10 nitrogen and oxygen atoms in total. The number of aliphatic hydroxyl groups is 4. The minimum Gasteiger partial charge on any atom is -0.484 e. The standard InChI is InChI=1S/C21H23BrN2O8/c22-13-3-7-14(8-4-13)30-11-17(26)24-23-9-12-1-5-15(6-2-12)31-21-20(29)19(28)18(27)16(10-25)32-21/h1-9,16,18-21,25,27-29H,10-11H2,(H,24,26)/b23-9+/t16-,18-,19+,20-,21-/m1/s1. The van der Waals surface area contributed by atoms with Gasteiger partial charge in [0.25, 0.3) is 5.91 Å². The van der Waals surface area contributed by atoms with Crippen molar-refractivity contribution in [2.45, 2.75) is 30.7 Å². The number of nitrogens with zero attached hydrogens (tertiary/aromatic N) is 1. The van der Waals surface area contributed by atoms with Crippen LogP contribution in [0.4, 0.5) is 0 Å². The highest BCUT2D eigenvalue weighted by atomic mass is 79.9. The average molecular weight is 511 g/mol. The van der Waals surface area contributed by atoms with Gasteiger partial charge in [-0.3, -0.25) is 4.79 Å². The third-order valence-electron chi connectivity index (χ3n) is 4.57. The van der Waals surface area contributed by atoms with Crippen LogP contribution in [0.5, 0.6) is 11.5 Å². The average Bonchev–Trinajstić information content (AvgIpc) is 2.80. The van der Waals surface area contributed by atoms with Crippen molar-refractivity contribution < 1.29 is 39.4 Å². The molecule has 5 atom stereocenters. The molecule has 0 bridgehead atoms. The number of benzene rings is 2. The maximum Gasteiger partial charge on any atom is 0.277 e. The topological polar surface area (TPSA) is 150 Å². The Bertz CT molecular complexity index is 907. The lowest BCUT2D eigenvalue weighted by molar-refractivity contribution is -0.277. The van der Waals surface area contributed by atoms with Crippen LogP contribution < -0.4 is 14.9 Å². The summed E-state index contributed by atoms with van der Waals surface area (Å²) in [5.74, 6) is 0.451. The van der Waals surface area contributed by atoms with Gasteiger partial charge in [-0.25, -0.2) is 5.43 Å². The van der Waals surface area contributed by atoms with Crippen LogP contribution >= 0.6 is 15.9 Å². The summed E-state index contributed by atoms with van der Waals surface area (Å²) in [6.45, 7) is -0.731. The molecule has 1 aliphatic rings. The Morgan fingerprint density at radius 2 is 1.69 bits per heavy atom. The van der Waals surface area contributed by atoms with Crippen LogP contribution in [-0.4, -0.2) is 76.5 Å². The van der Waals surface area contributed by atoms with E-state index in [-0.39, 0.29) is 6.61 Å². The summed E-state index contributed by atoms with van der Waals surface area (Å²) >= 11 is 3.32. The zero-order valence-corrected chi connectivity index (χ0v) is 18.3. The van der Waals surface area contributed by atoms with Gasteiger partial charge in [0.15, 0.2) is 6.61 Å². The van der Waals surface area contributed by atoms with Crippen molar-refractivity contribution in [3.63, 3.8) is 0 Å². The maximum atomic E-state index is 11.8. The fourth-order valence-corrected chi connectivity index (χ4v) is 3.09. The Labute approximate surface area is 192 Å². The number of carbonyl (C=O) groups excluding carboxylic acids is 1. The van der Waals surface area contributed by atoms with Gasteiger partial charge in [-0.2, -0.15) is 5.10 Å². The van der Waals surface area contributed by atoms with E-state index in [1.54, 1.807) is 48.5 Å². The number of nitrogens with one attached hydrogen (secondary N) is 1. The quantitative estimate of drug-likeness (QED) is 0.249. The van der Waals surface area contributed by atoms with Gasteiger partial charge in [0.05, 0.1) is 12.8 Å². The largest absolute Gasteiger partial charge is 0.484 e. The number of rotatable bonds is 8. The van der Waals surface area contributed by atoms with E-state index in [2.05, 4.69) is 26.5 Å². The lowest BCUT2D eigenvalue weighted by Crippen LogP contribution is -2.60. The van der Waals surface area contributed by atoms with Crippen LogP contribution in [0.15, 0.2) is 58.1 Å². The SMILES string of the molecule is O=C(COc1ccc(Br)cc1)N/N=C/c1ccc(O[C@@H]2O[C@H](CO)[C@@H](O)[C@H](O)[C@H]2O)cc1. The van der Waals surface area contributed by atoms with E-state index >= 15 is 0 Å². The Kier molecular flexibility index (Phi) is 8.56. The summed E-state index contributed by atoms with van der Waals surface area (Å²) in [5, 5.41) is 42.7. The first-order chi connectivity index (χ1) is 15.4. The van der Waals surface area contributed by atoms with Crippen molar-refractivity contribution in [2.75, 3.05) is 13.2 Å². The number of amides is 1. The first-order valence-corrected chi connectivity index (χ1v) is 10.4. The van der Waals surface area contributed by atoms with Crippen molar-refractivity contribution in [1.29, 1.82) is 0 Å². The highest BCUT2D eigenvalue weighted by Gasteiger charge is 2.44. The summed E-state index contributed by atoms with van der Waals surface area (Å²) in [6, 6.07) is 13.5. The minimum atomic E-state index is -1.52. The van der Waals surface area contributed by atoms with E-state index in [4.69, 9.17) is 14.2 Å². The summed E-state index contributed by atoms with van der Waals surface area (Å²) in [7, 11) is 0. The number of hydrogen-bond acceptors (Lipinski definition) is 9. The first kappa shape index (κ1) is 24.1. The van der Waals surface area contributed by atoms with Crippen molar-refractivity contribution in [2.24, 2.45) is 5.10 Å². The van der Waals surface area contributed by atoms with Crippen LogP contribution in [0.3, 0.4) is 0 Å². The van der Waals surface area contributed by atoms with Crippen molar-refractivity contribution in [3.05, 3.63) is 58.6 Å². The molecule has 1 saturated heterocycles. The number of hydrogen-bond donors (Lipinski definition) is 5. The molecule has 1 fully saturated rings. The molecule has 5 N–H and O–H groups in total. The zero-order chi connectivity index (χ0) is 23.1. The molecule has 11 heteroatoms. The summed E-state index contributed by atoms with van der Waals surface area (Å²) in [6.07, 6.45) is -5.37. The molecule has 0 aliphatic carbocycles. The van der Waals surface area contributed by atoms with E-state index in [1.165, 1.54) is 6.21 Å². The first-order valence-electron chi connectivity index (χ1n) is 9.65. The minimum absolute atomic E-state index is 0.190. The predicted octanol–water partition coefficient (Wildman–Crippen LogP) is 0.157. The van der Waals surface area contributed by atoms with Crippen LogP contribution in [-0.2, 0) is 9.53 Å². The van der Waals surface area contributed by atoms with E-state index < -0.39 is 43.2 Å². The molecule has 0 spiro atoms. The van der Waals surface area contributed by atoms with Gasteiger partial charge in [-0.15, -0.1) is 0 Å². The maximum absolute atomic E-state index is 11.8. The molecular weight excluding hydrogens is 488 g/mol. The Balaban J connectivity index is 1.47. The van der Waals surface area contributed by atoms with Gasteiger partial charge in [-0.1, -0.05) is 15.9 Å². The normalized spacial score (nSPS) is 25.5. The Morgan fingerprint density at radius 1 is 1.03 bits per heavy atom. The highest BCUT2D eigenvalue weighted by molar-refractivity contribution is 9.10. The van der Waals surface area contributed by atoms with Gasteiger partial charge >= 0.3 is 0 Å². The van der Waals surface area contributed by atoms with Gasteiger partial charge in [0.1, 0.15) is 35.9 Å². The molecule has 0 aromatic heterocycles. The van der Waals surface area contributed by atoms with E-state index in [1.807, 2.05) is 0 Å². The third-order valence-corrected chi connectivity index (χ3v) is 5.10. The van der Waals surface area contributed by atoms with Crippen LogP contribution in [0.2, 0.25) is 0 Å². The molecule has 2 aromatic carbocycles. The van der Waals surface area contributed by atoms with Gasteiger partial charge in [-0.05, 0) is 54.1 Å². The predicted molar refractivity (Wildman–Crippen MR) is 116 cm³/mol. The second kappa shape index (κ2) is 11.4. The van der Waals surface area contributed by atoms with Crippen molar-refractivity contribution >= 4 is 28.1 Å². The molecular formula is C21H23BrN2O8. The van der Waals surface area contributed by atoms with E-state index in [0.29, 0.717) is 17.1 Å². The zero-order valence-electron chi connectivity index (χ0n) is 16.7. The van der Waals surface area contributed by atoms with Gasteiger partial charge < -0.3 is 34.6 Å². The fraction of sp³-hybridized carbons (Fsp3) is 0.333. The van der Waals surface area contributed by atoms with Crippen molar-refractivity contribution in [3.8, 4) is 11.5 Å². The molecule has 0 radical (unpaired) electrons. The monoisotopic (exact) mass is 510 g/mol. The molecule has 172 valence electrons. The molecule has 1 amide bonds. The van der Waals surface area contributed by atoms with Crippen LogP contribution in [0, 0.1) is 0 Å². The summed E-state index contributed by atoms with van der Waals surface area (Å²) < 4.78 is 17.1. The molecule has 2 aromatic rings. The number of halogens is 1. The number of ether oxygens (including phenoxy) is 3. The second-order valence-corrected chi connectivity index (χ2v) is 7.84. The molecule has 1 heterocycles. The second-order valence-electron chi connectivity index (χ2n) is 6.92. The van der Waals surface area contributed by atoms with Gasteiger partial charge in [0.2, 0.25) is 6.29 Å². The number of carbonyl (C=O) groups is 1. The number of hydrazone groups is 1. The Morgan fingerprint density at radius 3 is 2.34 bits per heavy atom. The summed E-state index contributed by atoms with van der Waals surface area (Å²) in [4.78, 5) is 11.8. The Hall–Kier alpha value is -2.54. The van der Waals surface area contributed by atoms with Crippen LogP contribution in [0.1, 0.15) is 5.56 Å². The van der Waals surface area contributed by atoms with Crippen LogP contribution in [0.25, 0.3) is 0 Å². The van der Waals surface area contributed by atoms with E-state index in [0.717, 1.165) is 4.47 Å². The lowest BCUT2D eigenvalue weighted by atomic mass is 9.99. The van der Waals surface area contributed by atoms with Gasteiger partial charge in [0, 0.05) is 4.47 Å². The van der Waals surface area contributed by atoms with E-state index in [9.17, 15) is 25.2 Å². The fourth-order valence-electron chi connectivity index (χ4n) is 2.82. The summed E-state index contributed by atoms with van der Waals surface area (Å²) in [5.41, 5.74) is 3.01. The number of aliphatic hydroxyl groups excluding tert-OH is 4. The molecule has 32 heavy (non-hydrogen) atoms. The molecule has 0 saturated carbocycles. The highest BCUT2D eigenvalue weighted by Crippen LogP contribution is 2.24. The molecule has 1 aliphatic heterocycles. The molecule has 3 rings (SSSR count). The smallest absolute Gasteiger partial charge is 0.277 e.